The molecular weight excluding hydrogens is 200 g/mol. The average molecular weight is 232 g/mol. The fraction of sp³-hybridized carbons (Fsp3) is 1.00. The van der Waals surface area contributed by atoms with Gasteiger partial charge < -0.3 is 22.9 Å². The molecule has 0 heterocycles. The van der Waals surface area contributed by atoms with Gasteiger partial charge >= 0.3 is 0 Å². The molecule has 0 bridgehead atoms. The molecule has 4 atom stereocenters. The summed E-state index contributed by atoms with van der Waals surface area (Å²) in [5.41, 5.74) is 21.8. The van der Waals surface area contributed by atoms with Crippen LogP contribution in [-0.2, 0) is 0 Å². The van der Waals surface area contributed by atoms with Gasteiger partial charge in [0.25, 0.3) is 0 Å². The Balaban J connectivity index is 0. The largest absolute Gasteiger partial charge is 0.330 e. The van der Waals surface area contributed by atoms with E-state index < -0.39 is 0 Å². The van der Waals surface area contributed by atoms with Gasteiger partial charge in [0.15, 0.2) is 0 Å². The van der Waals surface area contributed by atoms with Crippen molar-refractivity contribution >= 4 is 0 Å². The van der Waals surface area contributed by atoms with E-state index in [4.69, 9.17) is 22.9 Å². The maximum Gasteiger partial charge on any atom is 0.00110 e. The van der Waals surface area contributed by atoms with E-state index in [2.05, 4.69) is 13.8 Å². The zero-order valence-electron chi connectivity index (χ0n) is 11.4. The van der Waals surface area contributed by atoms with E-state index in [9.17, 15) is 0 Å². The standard InChI is InChI=1S/2C6H16N2/c1-5(3-7)6(2)4-8;1-5(7)3-4-6(2)8/h2*5-6H,3-4,7-8H2,1-2H3. The van der Waals surface area contributed by atoms with Gasteiger partial charge in [0.05, 0.1) is 0 Å². The van der Waals surface area contributed by atoms with Gasteiger partial charge in [-0.15, -0.1) is 0 Å². The third kappa shape index (κ3) is 13.8. The van der Waals surface area contributed by atoms with Crippen LogP contribution in [0, 0.1) is 11.8 Å². The summed E-state index contributed by atoms with van der Waals surface area (Å²) in [5, 5.41) is 0. The highest BCUT2D eigenvalue weighted by molar-refractivity contribution is 4.61. The molecular formula is C12H32N4. The topological polar surface area (TPSA) is 104 Å². The Morgan fingerprint density at radius 3 is 1.06 bits per heavy atom. The first kappa shape index (κ1) is 18.2. The summed E-state index contributed by atoms with van der Waals surface area (Å²) in [5.74, 6) is 1.14. The highest BCUT2D eigenvalue weighted by Crippen LogP contribution is 2.05. The molecule has 8 N–H and O–H groups in total. The molecule has 4 nitrogen and oxygen atoms in total. The SMILES string of the molecule is CC(CN)C(C)CN.CC(N)CCC(C)N. The van der Waals surface area contributed by atoms with Gasteiger partial charge in [0.2, 0.25) is 0 Å². The van der Waals surface area contributed by atoms with E-state index >= 15 is 0 Å². The van der Waals surface area contributed by atoms with E-state index in [0.29, 0.717) is 23.9 Å². The second kappa shape index (κ2) is 11.3. The quantitative estimate of drug-likeness (QED) is 0.539. The molecule has 0 aliphatic heterocycles. The second-order valence-electron chi connectivity index (χ2n) is 4.96. The predicted octanol–water partition coefficient (Wildman–Crippen LogP) is 0.637. The molecule has 0 amide bonds. The van der Waals surface area contributed by atoms with Gasteiger partial charge in [-0.3, -0.25) is 0 Å². The molecule has 0 saturated heterocycles. The fourth-order valence-corrected chi connectivity index (χ4v) is 0.990. The summed E-state index contributed by atoms with van der Waals surface area (Å²) in [7, 11) is 0. The lowest BCUT2D eigenvalue weighted by molar-refractivity contribution is 0.405. The Bertz CT molecular complexity index is 121. The van der Waals surface area contributed by atoms with Crippen LogP contribution in [0.5, 0.6) is 0 Å². The average Bonchev–Trinajstić information content (AvgIpc) is 2.25. The molecule has 0 aromatic rings. The third-order valence-electron chi connectivity index (χ3n) is 2.79. The minimum atomic E-state index is 0.306. The summed E-state index contributed by atoms with van der Waals surface area (Å²) in [6.07, 6.45) is 2.08. The molecule has 0 saturated carbocycles. The first-order valence-electron chi connectivity index (χ1n) is 6.26. The minimum Gasteiger partial charge on any atom is -0.330 e. The van der Waals surface area contributed by atoms with E-state index in [1.165, 1.54) is 0 Å². The van der Waals surface area contributed by atoms with Crippen LogP contribution >= 0.6 is 0 Å². The molecule has 0 spiro atoms. The van der Waals surface area contributed by atoms with Crippen molar-refractivity contribution in [3.05, 3.63) is 0 Å². The van der Waals surface area contributed by atoms with E-state index in [1.807, 2.05) is 13.8 Å². The number of nitrogens with two attached hydrogens (primary N) is 4. The molecule has 0 aromatic heterocycles. The number of hydrogen-bond donors (Lipinski definition) is 4. The molecule has 100 valence electrons. The highest BCUT2D eigenvalue weighted by atomic mass is 14.6. The van der Waals surface area contributed by atoms with Crippen molar-refractivity contribution in [3.8, 4) is 0 Å². The Labute approximate surface area is 101 Å². The van der Waals surface area contributed by atoms with Crippen LogP contribution in [0.15, 0.2) is 0 Å². The first-order chi connectivity index (χ1) is 7.34. The maximum atomic E-state index is 5.49. The van der Waals surface area contributed by atoms with Crippen LogP contribution in [0.1, 0.15) is 40.5 Å². The van der Waals surface area contributed by atoms with Crippen LogP contribution in [-0.4, -0.2) is 25.2 Å². The lowest BCUT2D eigenvalue weighted by Crippen LogP contribution is -2.24. The van der Waals surface area contributed by atoms with Gasteiger partial charge in [-0.2, -0.15) is 0 Å². The Hall–Kier alpha value is -0.160. The lowest BCUT2D eigenvalue weighted by Gasteiger charge is -2.14. The van der Waals surface area contributed by atoms with Gasteiger partial charge in [0, 0.05) is 12.1 Å². The minimum absolute atomic E-state index is 0.306. The van der Waals surface area contributed by atoms with Crippen LogP contribution in [0.25, 0.3) is 0 Å². The molecule has 0 aromatic carbocycles. The number of rotatable bonds is 6. The van der Waals surface area contributed by atoms with Crippen LogP contribution in [0.2, 0.25) is 0 Å². The van der Waals surface area contributed by atoms with Crippen LogP contribution in [0.3, 0.4) is 0 Å². The van der Waals surface area contributed by atoms with E-state index in [0.717, 1.165) is 25.9 Å². The molecule has 0 fully saturated rings. The summed E-state index contributed by atoms with van der Waals surface area (Å²) in [6, 6.07) is 0.613. The Kier molecular flexibility index (Phi) is 12.9. The van der Waals surface area contributed by atoms with Crippen molar-refractivity contribution in [1.82, 2.24) is 0 Å². The third-order valence-corrected chi connectivity index (χ3v) is 2.79. The van der Waals surface area contributed by atoms with E-state index in [1.54, 1.807) is 0 Å². The number of hydrogen-bond acceptors (Lipinski definition) is 4. The van der Waals surface area contributed by atoms with Crippen molar-refractivity contribution in [1.29, 1.82) is 0 Å². The Morgan fingerprint density at radius 2 is 0.938 bits per heavy atom. The molecule has 16 heavy (non-hydrogen) atoms. The summed E-state index contributed by atoms with van der Waals surface area (Å²) >= 11 is 0. The summed E-state index contributed by atoms with van der Waals surface area (Å²) < 4.78 is 0. The van der Waals surface area contributed by atoms with Gasteiger partial charge in [-0.05, 0) is 51.6 Å². The molecule has 0 radical (unpaired) electrons. The zero-order valence-corrected chi connectivity index (χ0v) is 11.4. The second-order valence-corrected chi connectivity index (χ2v) is 4.96. The first-order valence-corrected chi connectivity index (χ1v) is 6.26. The highest BCUT2D eigenvalue weighted by Gasteiger charge is 2.06. The molecule has 4 unspecified atom stereocenters. The van der Waals surface area contributed by atoms with Crippen molar-refractivity contribution in [2.24, 2.45) is 34.8 Å². The van der Waals surface area contributed by atoms with Crippen molar-refractivity contribution < 1.29 is 0 Å². The maximum absolute atomic E-state index is 5.49. The normalized spacial score (nSPS) is 18.0. The van der Waals surface area contributed by atoms with Crippen LogP contribution in [0.4, 0.5) is 0 Å². The molecule has 4 heteroatoms. The summed E-state index contributed by atoms with van der Waals surface area (Å²) in [6.45, 7) is 9.75. The van der Waals surface area contributed by atoms with E-state index in [-0.39, 0.29) is 0 Å². The zero-order chi connectivity index (χ0) is 13.1. The lowest BCUT2D eigenvalue weighted by atomic mass is 9.97. The van der Waals surface area contributed by atoms with Gasteiger partial charge in [-0.25, -0.2) is 0 Å². The van der Waals surface area contributed by atoms with Crippen molar-refractivity contribution in [3.63, 3.8) is 0 Å². The predicted molar refractivity (Wildman–Crippen MR) is 73.0 cm³/mol. The van der Waals surface area contributed by atoms with Crippen molar-refractivity contribution in [2.75, 3.05) is 13.1 Å². The summed E-state index contributed by atoms with van der Waals surface area (Å²) in [4.78, 5) is 0. The van der Waals surface area contributed by atoms with Crippen molar-refractivity contribution in [2.45, 2.75) is 52.6 Å². The monoisotopic (exact) mass is 232 g/mol. The van der Waals surface area contributed by atoms with Gasteiger partial charge in [-0.1, -0.05) is 13.8 Å². The Morgan fingerprint density at radius 1 is 0.688 bits per heavy atom. The molecule has 0 rings (SSSR count). The van der Waals surface area contributed by atoms with Crippen LogP contribution < -0.4 is 22.9 Å². The molecule has 0 aliphatic rings. The fourth-order valence-electron chi connectivity index (χ4n) is 0.990. The molecule has 0 aliphatic carbocycles. The smallest absolute Gasteiger partial charge is 0.00110 e. The van der Waals surface area contributed by atoms with Gasteiger partial charge in [0.1, 0.15) is 0 Å².